The van der Waals surface area contributed by atoms with E-state index >= 15 is 0 Å². The fourth-order valence-corrected chi connectivity index (χ4v) is 1.08. The molecule has 0 spiro atoms. The number of rotatable bonds is 4. The molecule has 1 aromatic heterocycles. The van der Waals surface area contributed by atoms with E-state index in [-0.39, 0.29) is 12.4 Å². The maximum absolute atomic E-state index is 10.8. The number of nitrogens with zero attached hydrogens (tertiary/aromatic N) is 1. The highest BCUT2D eigenvalue weighted by Gasteiger charge is 2.10. The average molecular weight is 183 g/mol. The summed E-state index contributed by atoms with van der Waals surface area (Å²) in [6.45, 7) is 0.419. The van der Waals surface area contributed by atoms with E-state index in [2.05, 4.69) is 4.74 Å². The Bertz CT molecular complexity index is 256. The monoisotopic (exact) mass is 183 g/mol. The van der Waals surface area contributed by atoms with Crippen LogP contribution in [0.15, 0.2) is 24.5 Å². The van der Waals surface area contributed by atoms with E-state index in [0.29, 0.717) is 6.54 Å². The van der Waals surface area contributed by atoms with Crippen molar-refractivity contribution in [1.29, 1.82) is 0 Å². The van der Waals surface area contributed by atoms with Crippen LogP contribution in [-0.4, -0.2) is 28.9 Å². The van der Waals surface area contributed by atoms with Crippen LogP contribution in [0.4, 0.5) is 0 Å². The summed E-state index contributed by atoms with van der Waals surface area (Å²) < 4.78 is 6.24. The Kier molecular flexibility index (Phi) is 3.52. The summed E-state index contributed by atoms with van der Waals surface area (Å²) in [6.07, 6.45) is 3.02. The molecule has 0 amide bonds. The third-order valence-corrected chi connectivity index (χ3v) is 1.72. The highest BCUT2D eigenvalue weighted by atomic mass is 16.5. The van der Waals surface area contributed by atoms with Gasteiger partial charge in [0.2, 0.25) is 0 Å². The number of hydrogen-bond acceptors (Lipinski definition) is 3. The van der Waals surface area contributed by atoms with Crippen molar-refractivity contribution in [2.45, 2.75) is 19.1 Å². The van der Waals surface area contributed by atoms with Crippen molar-refractivity contribution >= 4 is 5.97 Å². The van der Waals surface area contributed by atoms with Crippen LogP contribution in [0.3, 0.4) is 0 Å². The zero-order chi connectivity index (χ0) is 9.68. The van der Waals surface area contributed by atoms with Crippen LogP contribution >= 0.6 is 0 Å². The van der Waals surface area contributed by atoms with Gasteiger partial charge in [0, 0.05) is 18.9 Å². The lowest BCUT2D eigenvalue weighted by molar-refractivity contribution is -0.142. The van der Waals surface area contributed by atoms with Crippen LogP contribution in [0.5, 0.6) is 0 Å². The summed E-state index contributed by atoms with van der Waals surface area (Å²) in [5, 5.41) is 9.40. The number of carbonyl (C=O) groups is 1. The predicted molar refractivity (Wildman–Crippen MR) is 47.1 cm³/mol. The Labute approximate surface area is 76.7 Å². The van der Waals surface area contributed by atoms with Gasteiger partial charge in [-0.15, -0.1) is 0 Å². The van der Waals surface area contributed by atoms with E-state index in [4.69, 9.17) is 0 Å². The minimum absolute atomic E-state index is 0.0364. The molecule has 13 heavy (non-hydrogen) atoms. The van der Waals surface area contributed by atoms with E-state index in [1.807, 2.05) is 29.1 Å². The van der Waals surface area contributed by atoms with Gasteiger partial charge in [-0.3, -0.25) is 4.79 Å². The number of aliphatic hydroxyl groups excluding tert-OH is 1. The molecule has 1 rings (SSSR count). The van der Waals surface area contributed by atoms with Crippen molar-refractivity contribution < 1.29 is 14.6 Å². The van der Waals surface area contributed by atoms with Crippen LogP contribution in [0.1, 0.15) is 6.42 Å². The fourth-order valence-electron chi connectivity index (χ4n) is 1.08. The Morgan fingerprint density at radius 2 is 2.15 bits per heavy atom. The average Bonchev–Trinajstić information content (AvgIpc) is 2.56. The van der Waals surface area contributed by atoms with Crippen molar-refractivity contribution in [3.8, 4) is 0 Å². The number of esters is 1. The fraction of sp³-hybridized carbons (Fsp3) is 0.444. The van der Waals surface area contributed by atoms with Gasteiger partial charge < -0.3 is 14.4 Å². The minimum Gasteiger partial charge on any atom is -0.469 e. The first kappa shape index (κ1) is 9.80. The van der Waals surface area contributed by atoms with E-state index < -0.39 is 6.10 Å². The molecule has 4 heteroatoms. The normalized spacial score (nSPS) is 12.5. The number of aromatic nitrogens is 1. The first-order valence-electron chi connectivity index (χ1n) is 4.08. The van der Waals surface area contributed by atoms with Gasteiger partial charge in [-0.2, -0.15) is 0 Å². The molecule has 4 nitrogen and oxygen atoms in total. The molecule has 0 unspecified atom stereocenters. The smallest absolute Gasteiger partial charge is 0.308 e. The van der Waals surface area contributed by atoms with E-state index in [9.17, 15) is 9.90 Å². The maximum Gasteiger partial charge on any atom is 0.308 e. The van der Waals surface area contributed by atoms with Gasteiger partial charge in [0.15, 0.2) is 0 Å². The molecule has 1 N–H and O–H groups in total. The van der Waals surface area contributed by atoms with Crippen LogP contribution in [0, 0.1) is 0 Å². The predicted octanol–water partition coefficient (Wildman–Crippen LogP) is 0.412. The molecule has 0 aliphatic heterocycles. The molecule has 1 atom stereocenters. The lowest BCUT2D eigenvalue weighted by Crippen LogP contribution is -2.19. The first-order chi connectivity index (χ1) is 6.22. The first-order valence-corrected chi connectivity index (χ1v) is 4.08. The van der Waals surface area contributed by atoms with Gasteiger partial charge in [-0.05, 0) is 12.1 Å². The Balaban J connectivity index is 2.33. The summed E-state index contributed by atoms with van der Waals surface area (Å²) in [6, 6.07) is 3.73. The molecule has 0 aromatic carbocycles. The zero-order valence-electron chi connectivity index (χ0n) is 7.51. The third kappa shape index (κ3) is 3.29. The summed E-state index contributed by atoms with van der Waals surface area (Å²) in [7, 11) is 1.31. The third-order valence-electron chi connectivity index (χ3n) is 1.72. The van der Waals surface area contributed by atoms with Gasteiger partial charge in [-0.25, -0.2) is 0 Å². The van der Waals surface area contributed by atoms with E-state index in [1.165, 1.54) is 7.11 Å². The Morgan fingerprint density at radius 3 is 2.69 bits per heavy atom. The van der Waals surface area contributed by atoms with Crippen LogP contribution in [0.25, 0.3) is 0 Å². The van der Waals surface area contributed by atoms with Gasteiger partial charge >= 0.3 is 5.97 Å². The molecule has 0 saturated carbocycles. The van der Waals surface area contributed by atoms with Crippen molar-refractivity contribution in [3.63, 3.8) is 0 Å². The topological polar surface area (TPSA) is 51.5 Å². The molecule has 0 bridgehead atoms. The lowest BCUT2D eigenvalue weighted by Gasteiger charge is -2.09. The summed E-state index contributed by atoms with van der Waals surface area (Å²) in [4.78, 5) is 10.8. The molecule has 0 saturated heterocycles. The largest absolute Gasteiger partial charge is 0.469 e. The number of ether oxygens (including phenoxy) is 1. The van der Waals surface area contributed by atoms with Crippen molar-refractivity contribution in [1.82, 2.24) is 4.57 Å². The Hall–Kier alpha value is -1.29. The molecule has 1 heterocycles. The van der Waals surface area contributed by atoms with Gasteiger partial charge in [0.1, 0.15) is 0 Å². The standard InChI is InChI=1S/C9H13NO3/c1-13-9(12)6-8(11)7-10-4-2-3-5-10/h2-5,8,11H,6-7H2,1H3/t8-/m0/s1. The highest BCUT2D eigenvalue weighted by Crippen LogP contribution is 1.99. The number of hydrogen-bond donors (Lipinski definition) is 1. The summed E-state index contributed by atoms with van der Waals surface area (Å²) in [5.74, 6) is -0.389. The van der Waals surface area contributed by atoms with Gasteiger partial charge in [0.25, 0.3) is 0 Å². The minimum atomic E-state index is -0.681. The molecular formula is C9H13NO3. The summed E-state index contributed by atoms with van der Waals surface area (Å²) in [5.41, 5.74) is 0. The van der Waals surface area contributed by atoms with Crippen molar-refractivity contribution in [2.24, 2.45) is 0 Å². The molecule has 0 aliphatic carbocycles. The number of aliphatic hydroxyl groups is 1. The second kappa shape index (κ2) is 4.67. The van der Waals surface area contributed by atoms with Crippen LogP contribution < -0.4 is 0 Å². The number of carbonyl (C=O) groups excluding carboxylic acids is 1. The zero-order valence-corrected chi connectivity index (χ0v) is 7.51. The molecular weight excluding hydrogens is 170 g/mol. The van der Waals surface area contributed by atoms with Crippen molar-refractivity contribution in [2.75, 3.05) is 7.11 Å². The van der Waals surface area contributed by atoms with E-state index in [1.54, 1.807) is 0 Å². The quantitative estimate of drug-likeness (QED) is 0.688. The molecule has 72 valence electrons. The molecule has 0 aliphatic rings. The van der Waals surface area contributed by atoms with E-state index in [0.717, 1.165) is 0 Å². The Morgan fingerprint density at radius 1 is 1.54 bits per heavy atom. The molecule has 0 radical (unpaired) electrons. The van der Waals surface area contributed by atoms with Gasteiger partial charge in [-0.1, -0.05) is 0 Å². The molecule has 0 fully saturated rings. The SMILES string of the molecule is COC(=O)C[C@H](O)Cn1cccc1. The summed E-state index contributed by atoms with van der Waals surface area (Å²) >= 11 is 0. The van der Waals surface area contributed by atoms with Gasteiger partial charge in [0.05, 0.1) is 19.6 Å². The maximum atomic E-state index is 10.8. The number of methoxy groups -OCH3 is 1. The highest BCUT2D eigenvalue weighted by molar-refractivity contribution is 5.69. The molecule has 1 aromatic rings. The van der Waals surface area contributed by atoms with Crippen LogP contribution in [0.2, 0.25) is 0 Å². The second-order valence-corrected chi connectivity index (χ2v) is 2.81. The second-order valence-electron chi connectivity index (χ2n) is 2.81. The lowest BCUT2D eigenvalue weighted by atomic mass is 10.2. The van der Waals surface area contributed by atoms with Crippen molar-refractivity contribution in [3.05, 3.63) is 24.5 Å². The van der Waals surface area contributed by atoms with Crippen LogP contribution in [-0.2, 0) is 16.1 Å².